The zero-order chi connectivity index (χ0) is 15.1. The van der Waals surface area contributed by atoms with Gasteiger partial charge in [0.2, 0.25) is 0 Å². The van der Waals surface area contributed by atoms with Crippen molar-refractivity contribution >= 4 is 11.6 Å². The van der Waals surface area contributed by atoms with E-state index < -0.39 is 0 Å². The Bertz CT molecular complexity index is 438. The molecule has 118 valence electrons. The topological polar surface area (TPSA) is 70.1 Å². The molecule has 1 fully saturated rings. The van der Waals surface area contributed by atoms with Crippen LogP contribution in [0.25, 0.3) is 0 Å². The van der Waals surface area contributed by atoms with E-state index in [0.717, 1.165) is 62.4 Å². The number of nitrogens with zero attached hydrogens (tertiary/aromatic N) is 2. The summed E-state index contributed by atoms with van der Waals surface area (Å²) in [6, 6.07) is 0. The standard InChI is InChI=1S/C16H28N4O/c1-3-9-17-15-13(4-2)16(20-11-19-15)18-10-12-7-5-6-8-14(12)21/h11-12,14,21H,3-10H2,1-2H3,(H2,17,18,19,20). The molecular formula is C16H28N4O. The summed E-state index contributed by atoms with van der Waals surface area (Å²) in [5, 5.41) is 16.8. The Labute approximate surface area is 127 Å². The molecule has 2 unspecified atom stereocenters. The Balaban J connectivity index is 2.01. The molecule has 1 saturated carbocycles. The molecule has 1 heterocycles. The van der Waals surface area contributed by atoms with Gasteiger partial charge in [0.25, 0.3) is 0 Å². The van der Waals surface area contributed by atoms with Gasteiger partial charge in [-0.2, -0.15) is 0 Å². The molecule has 0 amide bonds. The zero-order valence-electron chi connectivity index (χ0n) is 13.2. The highest BCUT2D eigenvalue weighted by molar-refractivity contribution is 5.57. The van der Waals surface area contributed by atoms with Crippen LogP contribution in [0, 0.1) is 5.92 Å². The first-order chi connectivity index (χ1) is 10.3. The summed E-state index contributed by atoms with van der Waals surface area (Å²) >= 11 is 0. The molecule has 2 atom stereocenters. The van der Waals surface area contributed by atoms with Gasteiger partial charge >= 0.3 is 0 Å². The molecule has 0 saturated heterocycles. The van der Waals surface area contributed by atoms with E-state index in [-0.39, 0.29) is 6.10 Å². The minimum atomic E-state index is -0.171. The molecule has 5 nitrogen and oxygen atoms in total. The molecule has 0 radical (unpaired) electrons. The predicted molar refractivity (Wildman–Crippen MR) is 86.6 cm³/mol. The number of aliphatic hydroxyl groups is 1. The molecule has 5 heteroatoms. The lowest BCUT2D eigenvalue weighted by molar-refractivity contribution is 0.0763. The van der Waals surface area contributed by atoms with Crippen LogP contribution in [0.15, 0.2) is 6.33 Å². The third kappa shape index (κ3) is 4.30. The van der Waals surface area contributed by atoms with Crippen molar-refractivity contribution < 1.29 is 5.11 Å². The Morgan fingerprint density at radius 2 is 1.86 bits per heavy atom. The van der Waals surface area contributed by atoms with Gasteiger partial charge in [-0.1, -0.05) is 26.7 Å². The van der Waals surface area contributed by atoms with Crippen molar-refractivity contribution in [3.05, 3.63) is 11.9 Å². The summed E-state index contributed by atoms with van der Waals surface area (Å²) in [4.78, 5) is 8.73. The van der Waals surface area contributed by atoms with Gasteiger partial charge in [0.1, 0.15) is 18.0 Å². The summed E-state index contributed by atoms with van der Waals surface area (Å²) in [6.07, 6.45) is 7.80. The van der Waals surface area contributed by atoms with Gasteiger partial charge in [-0.25, -0.2) is 9.97 Å². The molecule has 1 aliphatic carbocycles. The fourth-order valence-electron chi connectivity index (χ4n) is 2.95. The summed E-state index contributed by atoms with van der Waals surface area (Å²) < 4.78 is 0. The van der Waals surface area contributed by atoms with Crippen LogP contribution in [0.5, 0.6) is 0 Å². The highest BCUT2D eigenvalue weighted by Crippen LogP contribution is 2.26. The highest BCUT2D eigenvalue weighted by atomic mass is 16.3. The van der Waals surface area contributed by atoms with Crippen LogP contribution in [0.2, 0.25) is 0 Å². The van der Waals surface area contributed by atoms with E-state index in [0.29, 0.717) is 5.92 Å². The van der Waals surface area contributed by atoms with E-state index in [9.17, 15) is 5.11 Å². The smallest absolute Gasteiger partial charge is 0.134 e. The van der Waals surface area contributed by atoms with Crippen LogP contribution in [0.1, 0.15) is 51.5 Å². The normalized spacial score (nSPS) is 22.0. The van der Waals surface area contributed by atoms with Gasteiger partial charge in [-0.15, -0.1) is 0 Å². The summed E-state index contributed by atoms with van der Waals surface area (Å²) in [7, 11) is 0. The Hall–Kier alpha value is -1.36. The predicted octanol–water partition coefficient (Wildman–Crippen LogP) is 2.82. The third-order valence-electron chi connectivity index (χ3n) is 4.24. The largest absolute Gasteiger partial charge is 0.393 e. The van der Waals surface area contributed by atoms with Crippen LogP contribution >= 0.6 is 0 Å². The number of aromatic nitrogens is 2. The first kappa shape index (κ1) is 16.0. The first-order valence-electron chi connectivity index (χ1n) is 8.25. The number of rotatable bonds is 7. The van der Waals surface area contributed by atoms with Crippen molar-refractivity contribution in [2.45, 2.75) is 58.5 Å². The quantitative estimate of drug-likeness (QED) is 0.721. The highest BCUT2D eigenvalue weighted by Gasteiger charge is 2.23. The summed E-state index contributed by atoms with van der Waals surface area (Å²) in [5.74, 6) is 2.18. The Morgan fingerprint density at radius 3 is 2.52 bits per heavy atom. The lowest BCUT2D eigenvalue weighted by Crippen LogP contribution is -2.30. The molecule has 0 spiro atoms. The van der Waals surface area contributed by atoms with Crippen molar-refractivity contribution in [3.63, 3.8) is 0 Å². The van der Waals surface area contributed by atoms with E-state index in [2.05, 4.69) is 34.4 Å². The number of nitrogens with one attached hydrogen (secondary N) is 2. The summed E-state index contributed by atoms with van der Waals surface area (Å²) in [6.45, 7) is 5.98. The van der Waals surface area contributed by atoms with Crippen molar-refractivity contribution in [3.8, 4) is 0 Å². The second kappa shape index (κ2) is 8.17. The molecule has 3 N–H and O–H groups in total. The minimum Gasteiger partial charge on any atom is -0.393 e. The van der Waals surface area contributed by atoms with E-state index in [1.165, 1.54) is 6.42 Å². The van der Waals surface area contributed by atoms with Gasteiger partial charge in [-0.3, -0.25) is 0 Å². The van der Waals surface area contributed by atoms with Gasteiger partial charge in [0, 0.05) is 24.6 Å². The van der Waals surface area contributed by atoms with Crippen LogP contribution in [0.4, 0.5) is 11.6 Å². The van der Waals surface area contributed by atoms with E-state index in [1.807, 2.05) is 0 Å². The molecule has 1 aliphatic rings. The van der Waals surface area contributed by atoms with Gasteiger partial charge < -0.3 is 15.7 Å². The number of anilines is 2. The molecule has 1 aromatic heterocycles. The van der Waals surface area contributed by atoms with Gasteiger partial charge in [0.05, 0.1) is 6.10 Å². The summed E-state index contributed by atoms with van der Waals surface area (Å²) in [5.41, 5.74) is 1.14. The molecule has 0 bridgehead atoms. The lowest BCUT2D eigenvalue weighted by Gasteiger charge is -2.28. The molecule has 1 aromatic rings. The first-order valence-corrected chi connectivity index (χ1v) is 8.25. The maximum atomic E-state index is 10.1. The second-order valence-electron chi connectivity index (χ2n) is 5.82. The second-order valence-corrected chi connectivity index (χ2v) is 5.82. The molecule has 0 aliphatic heterocycles. The van der Waals surface area contributed by atoms with Crippen LogP contribution in [-0.4, -0.2) is 34.3 Å². The zero-order valence-corrected chi connectivity index (χ0v) is 13.2. The average Bonchev–Trinajstić information content (AvgIpc) is 2.52. The fourth-order valence-corrected chi connectivity index (χ4v) is 2.95. The number of hydrogen-bond donors (Lipinski definition) is 3. The van der Waals surface area contributed by atoms with Crippen LogP contribution < -0.4 is 10.6 Å². The fraction of sp³-hybridized carbons (Fsp3) is 0.750. The monoisotopic (exact) mass is 292 g/mol. The van der Waals surface area contributed by atoms with Crippen molar-refractivity contribution in [1.82, 2.24) is 9.97 Å². The van der Waals surface area contributed by atoms with E-state index >= 15 is 0 Å². The van der Waals surface area contributed by atoms with Crippen LogP contribution in [-0.2, 0) is 6.42 Å². The molecular weight excluding hydrogens is 264 g/mol. The van der Waals surface area contributed by atoms with E-state index in [1.54, 1.807) is 6.33 Å². The maximum Gasteiger partial charge on any atom is 0.134 e. The Morgan fingerprint density at radius 1 is 1.14 bits per heavy atom. The minimum absolute atomic E-state index is 0.171. The molecule has 21 heavy (non-hydrogen) atoms. The number of hydrogen-bond acceptors (Lipinski definition) is 5. The van der Waals surface area contributed by atoms with Crippen LogP contribution in [0.3, 0.4) is 0 Å². The average molecular weight is 292 g/mol. The maximum absolute atomic E-state index is 10.1. The van der Waals surface area contributed by atoms with Crippen molar-refractivity contribution in [2.75, 3.05) is 23.7 Å². The lowest BCUT2D eigenvalue weighted by atomic mass is 9.86. The van der Waals surface area contributed by atoms with Crippen molar-refractivity contribution in [2.24, 2.45) is 5.92 Å². The molecule has 2 rings (SSSR count). The van der Waals surface area contributed by atoms with Gasteiger partial charge in [-0.05, 0) is 25.7 Å². The molecule has 0 aromatic carbocycles. The number of aliphatic hydroxyl groups excluding tert-OH is 1. The third-order valence-corrected chi connectivity index (χ3v) is 4.24. The van der Waals surface area contributed by atoms with Crippen molar-refractivity contribution in [1.29, 1.82) is 0 Å². The Kier molecular flexibility index (Phi) is 6.23. The SMILES string of the molecule is CCCNc1ncnc(NCC2CCCCC2O)c1CC. The van der Waals surface area contributed by atoms with Gasteiger partial charge in [0.15, 0.2) is 0 Å². The van der Waals surface area contributed by atoms with E-state index in [4.69, 9.17) is 0 Å².